The van der Waals surface area contributed by atoms with Gasteiger partial charge in [0.1, 0.15) is 6.04 Å². The molecule has 0 spiro atoms. The molecule has 0 bridgehead atoms. The number of halogens is 2. The summed E-state index contributed by atoms with van der Waals surface area (Å²) in [6.07, 6.45) is 0. The predicted octanol–water partition coefficient (Wildman–Crippen LogP) is 1.22. The lowest BCUT2D eigenvalue weighted by Crippen LogP contribution is -2.41. The lowest BCUT2D eigenvalue weighted by atomic mass is 10.2. The van der Waals surface area contributed by atoms with Crippen LogP contribution in [0.1, 0.15) is 0 Å². The molecule has 0 fully saturated rings. The Hall–Kier alpha value is -0.970. The maximum Gasteiger partial charge on any atom is 0.236 e. The van der Waals surface area contributed by atoms with Crippen molar-refractivity contribution in [1.82, 2.24) is 0 Å². The summed E-state index contributed by atoms with van der Waals surface area (Å²) in [5.74, 6) is -0.569. The number of benzene rings is 1. The smallest absolute Gasteiger partial charge is 0.236 e. The van der Waals surface area contributed by atoms with Crippen molar-refractivity contribution < 1.29 is 4.79 Å². The third-order valence-corrected chi connectivity index (χ3v) is 2.65. The largest absolute Gasteiger partial charge is 0.382 e. The molecule has 1 aromatic rings. The van der Waals surface area contributed by atoms with Crippen molar-refractivity contribution in [2.75, 3.05) is 11.9 Å². The van der Waals surface area contributed by atoms with Crippen molar-refractivity contribution >= 4 is 34.8 Å². The lowest BCUT2D eigenvalue weighted by molar-refractivity contribution is -0.118. The molecule has 1 rings (SSSR count). The Balaban J connectivity index is 2.66. The van der Waals surface area contributed by atoms with Gasteiger partial charge in [-0.1, -0.05) is 29.3 Å². The van der Waals surface area contributed by atoms with Gasteiger partial charge in [0.05, 0.1) is 15.7 Å². The van der Waals surface area contributed by atoms with Crippen LogP contribution < -0.4 is 16.8 Å². The monoisotopic (exact) mass is 247 g/mol. The zero-order valence-electron chi connectivity index (χ0n) is 7.84. The SMILES string of the molecule is NC(=O)C(N)CNc1cccc(Cl)c1Cl. The molecule has 5 N–H and O–H groups in total. The fourth-order valence-corrected chi connectivity index (χ4v) is 1.33. The molecule has 0 radical (unpaired) electrons. The van der Waals surface area contributed by atoms with Crippen LogP contribution in [0.15, 0.2) is 18.2 Å². The molecule has 82 valence electrons. The van der Waals surface area contributed by atoms with Crippen LogP contribution in [0.2, 0.25) is 10.0 Å². The van der Waals surface area contributed by atoms with E-state index in [0.29, 0.717) is 15.7 Å². The number of primary amides is 1. The van der Waals surface area contributed by atoms with Crippen LogP contribution in [-0.2, 0) is 4.79 Å². The summed E-state index contributed by atoms with van der Waals surface area (Å²) in [6, 6.07) is 4.40. The van der Waals surface area contributed by atoms with Crippen molar-refractivity contribution in [3.8, 4) is 0 Å². The third kappa shape index (κ3) is 3.27. The number of hydrogen-bond acceptors (Lipinski definition) is 3. The average molecular weight is 248 g/mol. The maximum absolute atomic E-state index is 10.7. The summed E-state index contributed by atoms with van der Waals surface area (Å²) in [6.45, 7) is 0.218. The fraction of sp³-hybridized carbons (Fsp3) is 0.222. The number of rotatable bonds is 4. The van der Waals surface area contributed by atoms with Gasteiger partial charge in [-0.25, -0.2) is 0 Å². The Morgan fingerprint density at radius 1 is 1.47 bits per heavy atom. The molecular weight excluding hydrogens is 237 g/mol. The molecule has 4 nitrogen and oxygen atoms in total. The second-order valence-corrected chi connectivity index (χ2v) is 3.78. The summed E-state index contributed by atoms with van der Waals surface area (Å²) in [4.78, 5) is 10.7. The van der Waals surface area contributed by atoms with Gasteiger partial charge < -0.3 is 16.8 Å². The summed E-state index contributed by atoms with van der Waals surface area (Å²) in [5.41, 5.74) is 11.1. The molecule has 0 saturated carbocycles. The molecule has 0 aliphatic heterocycles. The number of nitrogens with one attached hydrogen (secondary N) is 1. The number of anilines is 1. The minimum absolute atomic E-state index is 0.218. The first kappa shape index (κ1) is 12.1. The number of amides is 1. The Morgan fingerprint density at radius 3 is 2.73 bits per heavy atom. The fourth-order valence-electron chi connectivity index (χ4n) is 0.961. The van der Waals surface area contributed by atoms with E-state index in [0.717, 1.165) is 0 Å². The van der Waals surface area contributed by atoms with Gasteiger partial charge in [0.2, 0.25) is 5.91 Å². The van der Waals surface area contributed by atoms with E-state index in [4.69, 9.17) is 34.7 Å². The Kier molecular flexibility index (Phi) is 4.20. The van der Waals surface area contributed by atoms with E-state index in [2.05, 4.69) is 5.32 Å². The van der Waals surface area contributed by atoms with Gasteiger partial charge in [-0.15, -0.1) is 0 Å². The molecule has 15 heavy (non-hydrogen) atoms. The topological polar surface area (TPSA) is 81.1 Å². The summed E-state index contributed by atoms with van der Waals surface area (Å²) in [7, 11) is 0. The lowest BCUT2D eigenvalue weighted by Gasteiger charge is -2.12. The van der Waals surface area contributed by atoms with E-state index in [9.17, 15) is 4.79 Å². The Labute approximate surface area is 97.5 Å². The second-order valence-electron chi connectivity index (χ2n) is 2.99. The molecule has 0 aliphatic rings. The molecule has 1 atom stereocenters. The van der Waals surface area contributed by atoms with Crippen molar-refractivity contribution in [2.24, 2.45) is 11.5 Å². The standard InChI is InChI=1S/C9H11Cl2N3O/c10-5-2-1-3-7(8(5)11)14-4-6(12)9(13)15/h1-3,6,14H,4,12H2,(H2,13,15). The van der Waals surface area contributed by atoms with E-state index >= 15 is 0 Å². The van der Waals surface area contributed by atoms with Crippen LogP contribution >= 0.6 is 23.2 Å². The van der Waals surface area contributed by atoms with E-state index < -0.39 is 11.9 Å². The van der Waals surface area contributed by atoms with Gasteiger partial charge in [0.15, 0.2) is 0 Å². The molecule has 6 heteroatoms. The molecule has 0 heterocycles. The van der Waals surface area contributed by atoms with Crippen LogP contribution in [-0.4, -0.2) is 18.5 Å². The minimum Gasteiger partial charge on any atom is -0.382 e. The summed E-state index contributed by atoms with van der Waals surface area (Å²) >= 11 is 11.7. The highest BCUT2D eigenvalue weighted by molar-refractivity contribution is 6.43. The average Bonchev–Trinajstić information content (AvgIpc) is 2.19. The van der Waals surface area contributed by atoms with E-state index in [1.54, 1.807) is 18.2 Å². The zero-order valence-corrected chi connectivity index (χ0v) is 9.35. The number of carbonyl (C=O) groups is 1. The van der Waals surface area contributed by atoms with Gasteiger partial charge in [0.25, 0.3) is 0 Å². The molecule has 0 aliphatic carbocycles. The summed E-state index contributed by atoms with van der Waals surface area (Å²) in [5, 5.41) is 3.73. The van der Waals surface area contributed by atoms with Crippen molar-refractivity contribution in [3.63, 3.8) is 0 Å². The maximum atomic E-state index is 10.7. The van der Waals surface area contributed by atoms with Crippen molar-refractivity contribution in [3.05, 3.63) is 28.2 Å². The normalized spacial score (nSPS) is 12.2. The van der Waals surface area contributed by atoms with Crippen LogP contribution in [0.3, 0.4) is 0 Å². The van der Waals surface area contributed by atoms with Crippen molar-refractivity contribution in [2.45, 2.75) is 6.04 Å². The minimum atomic E-state index is -0.750. The molecule has 1 amide bonds. The highest BCUT2D eigenvalue weighted by atomic mass is 35.5. The van der Waals surface area contributed by atoms with E-state index in [-0.39, 0.29) is 6.54 Å². The van der Waals surface area contributed by atoms with Crippen LogP contribution in [0.5, 0.6) is 0 Å². The molecule has 0 saturated heterocycles. The predicted molar refractivity (Wildman–Crippen MR) is 62.1 cm³/mol. The number of carbonyl (C=O) groups excluding carboxylic acids is 1. The second kappa shape index (κ2) is 5.21. The highest BCUT2D eigenvalue weighted by Crippen LogP contribution is 2.29. The number of hydrogen-bond donors (Lipinski definition) is 3. The quantitative estimate of drug-likeness (QED) is 0.749. The molecule has 1 unspecified atom stereocenters. The Bertz CT molecular complexity index is 370. The third-order valence-electron chi connectivity index (χ3n) is 1.83. The summed E-state index contributed by atoms with van der Waals surface area (Å²) < 4.78 is 0. The van der Waals surface area contributed by atoms with E-state index in [1.165, 1.54) is 0 Å². The first-order valence-electron chi connectivity index (χ1n) is 4.25. The van der Waals surface area contributed by atoms with Crippen LogP contribution in [0.4, 0.5) is 5.69 Å². The van der Waals surface area contributed by atoms with Gasteiger partial charge in [-0.3, -0.25) is 4.79 Å². The van der Waals surface area contributed by atoms with Gasteiger partial charge in [0, 0.05) is 6.54 Å². The van der Waals surface area contributed by atoms with Gasteiger partial charge in [-0.2, -0.15) is 0 Å². The molecular formula is C9H11Cl2N3O. The van der Waals surface area contributed by atoms with Crippen LogP contribution in [0.25, 0.3) is 0 Å². The van der Waals surface area contributed by atoms with E-state index in [1.807, 2.05) is 0 Å². The molecule has 0 aromatic heterocycles. The van der Waals surface area contributed by atoms with Crippen molar-refractivity contribution in [1.29, 1.82) is 0 Å². The van der Waals surface area contributed by atoms with Crippen LogP contribution in [0, 0.1) is 0 Å². The first-order valence-corrected chi connectivity index (χ1v) is 5.00. The van der Waals surface area contributed by atoms with Gasteiger partial charge >= 0.3 is 0 Å². The first-order chi connectivity index (χ1) is 7.02. The number of nitrogens with two attached hydrogens (primary N) is 2. The molecule has 1 aromatic carbocycles. The zero-order chi connectivity index (χ0) is 11.4. The highest BCUT2D eigenvalue weighted by Gasteiger charge is 2.10. The van der Waals surface area contributed by atoms with Gasteiger partial charge in [-0.05, 0) is 12.1 Å². The Morgan fingerprint density at radius 2 is 2.13 bits per heavy atom.